The molecule has 0 atom stereocenters. The van der Waals surface area contributed by atoms with E-state index in [1.54, 1.807) is 11.8 Å². The molecule has 0 heterocycles. The summed E-state index contributed by atoms with van der Waals surface area (Å²) >= 11 is 1.76. The summed E-state index contributed by atoms with van der Waals surface area (Å²) in [6.07, 6.45) is 14.2. The molecule has 2 heteroatoms. The molecule has 0 saturated heterocycles. The molecule has 0 radical (unpaired) electrons. The van der Waals surface area contributed by atoms with Gasteiger partial charge in [0.05, 0.1) is 0 Å². The van der Waals surface area contributed by atoms with Crippen LogP contribution in [0.2, 0.25) is 0 Å². The van der Waals surface area contributed by atoms with Crippen LogP contribution in [0.5, 0.6) is 0 Å². The Morgan fingerprint density at radius 3 is 2.00 bits per heavy atom. The molecule has 0 spiro atoms. The average Bonchev–Trinajstić information content (AvgIpc) is 2.30. The number of unbranched alkanes of at least 4 members (excludes halogenated alkanes) is 7. The van der Waals surface area contributed by atoms with Crippen LogP contribution in [-0.4, -0.2) is 17.8 Å². The minimum absolute atomic E-state index is 0.459. The Morgan fingerprint density at radius 2 is 1.44 bits per heavy atom. The van der Waals surface area contributed by atoms with E-state index in [4.69, 9.17) is 0 Å². The van der Waals surface area contributed by atoms with E-state index >= 15 is 0 Å². The van der Waals surface area contributed by atoms with E-state index in [1.165, 1.54) is 44.9 Å². The van der Waals surface area contributed by atoms with E-state index in [0.29, 0.717) is 5.78 Å². The third-order valence-electron chi connectivity index (χ3n) is 2.89. The van der Waals surface area contributed by atoms with Gasteiger partial charge >= 0.3 is 0 Å². The normalized spacial score (nSPS) is 10.6. The number of hydrogen-bond donors (Lipinski definition) is 0. The van der Waals surface area contributed by atoms with Crippen molar-refractivity contribution in [2.45, 2.75) is 71.1 Å². The molecule has 0 bridgehead atoms. The third-order valence-corrected chi connectivity index (χ3v) is 3.51. The van der Waals surface area contributed by atoms with E-state index < -0.39 is 0 Å². The summed E-state index contributed by atoms with van der Waals surface area (Å²) in [6, 6.07) is 0. The maximum Gasteiger partial charge on any atom is 0.133 e. The topological polar surface area (TPSA) is 17.1 Å². The van der Waals surface area contributed by atoms with Crippen molar-refractivity contribution in [3.63, 3.8) is 0 Å². The second-order valence-electron chi connectivity index (χ2n) is 4.51. The first-order chi connectivity index (χ1) is 7.81. The van der Waals surface area contributed by atoms with Gasteiger partial charge in [0.1, 0.15) is 5.78 Å². The molecule has 0 aromatic carbocycles. The van der Waals surface area contributed by atoms with E-state index in [9.17, 15) is 4.79 Å². The van der Waals surface area contributed by atoms with Gasteiger partial charge < -0.3 is 0 Å². The Morgan fingerprint density at radius 1 is 0.875 bits per heavy atom. The van der Waals surface area contributed by atoms with Crippen LogP contribution < -0.4 is 0 Å². The lowest BCUT2D eigenvalue weighted by Gasteiger charge is -2.01. The van der Waals surface area contributed by atoms with Crippen molar-refractivity contribution in [3.05, 3.63) is 0 Å². The molecule has 0 aromatic rings. The summed E-state index contributed by atoms with van der Waals surface area (Å²) in [5, 5.41) is 0. The van der Waals surface area contributed by atoms with Gasteiger partial charge in [0.15, 0.2) is 0 Å². The number of thioether (sulfide) groups is 1. The minimum atomic E-state index is 0.459. The lowest BCUT2D eigenvalue weighted by atomic mass is 10.1. The van der Waals surface area contributed by atoms with Crippen molar-refractivity contribution in [1.29, 1.82) is 0 Å². The van der Waals surface area contributed by atoms with Crippen molar-refractivity contribution < 1.29 is 4.79 Å². The number of hydrogen-bond acceptors (Lipinski definition) is 2. The van der Waals surface area contributed by atoms with E-state index in [0.717, 1.165) is 25.0 Å². The van der Waals surface area contributed by atoms with Crippen molar-refractivity contribution in [2.24, 2.45) is 0 Å². The monoisotopic (exact) mass is 244 g/mol. The standard InChI is InChI=1S/C14H28OS/c1-3-4-5-6-7-8-9-10-11-14(15)12-13-16-2/h3-13H2,1-2H3. The lowest BCUT2D eigenvalue weighted by Crippen LogP contribution is -1.98. The first kappa shape index (κ1) is 16.0. The molecule has 0 fully saturated rings. The summed E-state index contributed by atoms with van der Waals surface area (Å²) in [6.45, 7) is 2.25. The van der Waals surface area contributed by atoms with Gasteiger partial charge in [0.2, 0.25) is 0 Å². The minimum Gasteiger partial charge on any atom is -0.300 e. The van der Waals surface area contributed by atoms with Gasteiger partial charge in [-0.2, -0.15) is 11.8 Å². The van der Waals surface area contributed by atoms with E-state index in [-0.39, 0.29) is 0 Å². The molecule has 0 aliphatic carbocycles. The van der Waals surface area contributed by atoms with Crippen LogP contribution in [-0.2, 0) is 4.79 Å². The molecule has 0 saturated carbocycles. The molecule has 0 aliphatic rings. The zero-order valence-corrected chi connectivity index (χ0v) is 11.9. The largest absolute Gasteiger partial charge is 0.300 e. The molecule has 0 aromatic heterocycles. The smallest absolute Gasteiger partial charge is 0.133 e. The maximum atomic E-state index is 11.4. The number of ketones is 1. The first-order valence-corrected chi connectivity index (χ1v) is 8.21. The summed E-state index contributed by atoms with van der Waals surface area (Å²) in [5.74, 6) is 1.45. The molecular formula is C14H28OS. The van der Waals surface area contributed by atoms with Crippen LogP contribution in [0.25, 0.3) is 0 Å². The fourth-order valence-electron chi connectivity index (χ4n) is 1.80. The van der Waals surface area contributed by atoms with Crippen LogP contribution in [0.3, 0.4) is 0 Å². The average molecular weight is 244 g/mol. The Bertz CT molecular complexity index is 157. The molecule has 0 unspecified atom stereocenters. The van der Waals surface area contributed by atoms with Gasteiger partial charge in [-0.3, -0.25) is 4.79 Å². The molecule has 0 N–H and O–H groups in total. The molecule has 0 rings (SSSR count). The SMILES string of the molecule is CCCCCCCCCCC(=O)CCSC. The first-order valence-electron chi connectivity index (χ1n) is 6.82. The number of rotatable bonds is 12. The zero-order chi connectivity index (χ0) is 12.1. The Kier molecular flexibility index (Phi) is 13.1. The second kappa shape index (κ2) is 13.1. The quantitative estimate of drug-likeness (QED) is 0.457. The van der Waals surface area contributed by atoms with Crippen molar-refractivity contribution in [1.82, 2.24) is 0 Å². The van der Waals surface area contributed by atoms with Crippen LogP contribution in [0.1, 0.15) is 71.1 Å². The second-order valence-corrected chi connectivity index (χ2v) is 5.49. The van der Waals surface area contributed by atoms with Gasteiger partial charge in [-0.25, -0.2) is 0 Å². The predicted molar refractivity (Wildman–Crippen MR) is 75.2 cm³/mol. The van der Waals surface area contributed by atoms with Crippen molar-refractivity contribution >= 4 is 17.5 Å². The molecule has 96 valence electrons. The zero-order valence-electron chi connectivity index (χ0n) is 11.1. The highest BCUT2D eigenvalue weighted by atomic mass is 32.2. The van der Waals surface area contributed by atoms with E-state index in [1.807, 2.05) is 0 Å². The third kappa shape index (κ3) is 12.1. The lowest BCUT2D eigenvalue weighted by molar-refractivity contribution is -0.118. The summed E-state index contributed by atoms with van der Waals surface area (Å²) in [5.41, 5.74) is 0. The Hall–Kier alpha value is 0.0200. The van der Waals surface area contributed by atoms with Crippen LogP contribution in [0.4, 0.5) is 0 Å². The van der Waals surface area contributed by atoms with Crippen molar-refractivity contribution in [3.8, 4) is 0 Å². The van der Waals surface area contributed by atoms with Crippen LogP contribution >= 0.6 is 11.8 Å². The summed E-state index contributed by atoms with van der Waals surface area (Å²) in [7, 11) is 0. The van der Waals surface area contributed by atoms with Crippen molar-refractivity contribution in [2.75, 3.05) is 12.0 Å². The van der Waals surface area contributed by atoms with Gasteiger partial charge in [0, 0.05) is 12.8 Å². The van der Waals surface area contributed by atoms with Crippen LogP contribution in [0.15, 0.2) is 0 Å². The highest BCUT2D eigenvalue weighted by Crippen LogP contribution is 2.10. The molecular weight excluding hydrogens is 216 g/mol. The fourth-order valence-corrected chi connectivity index (χ4v) is 2.23. The van der Waals surface area contributed by atoms with Gasteiger partial charge in [-0.05, 0) is 18.4 Å². The van der Waals surface area contributed by atoms with Gasteiger partial charge in [0.25, 0.3) is 0 Å². The predicted octanol–water partition coefficient (Wildman–Crippen LogP) is 4.84. The highest BCUT2D eigenvalue weighted by molar-refractivity contribution is 7.98. The fraction of sp³-hybridized carbons (Fsp3) is 0.929. The van der Waals surface area contributed by atoms with Crippen LogP contribution in [0, 0.1) is 0 Å². The Labute approximate surface area is 106 Å². The summed E-state index contributed by atoms with van der Waals surface area (Å²) < 4.78 is 0. The molecule has 16 heavy (non-hydrogen) atoms. The number of carbonyl (C=O) groups excluding carboxylic acids is 1. The maximum absolute atomic E-state index is 11.4. The summed E-state index contributed by atoms with van der Waals surface area (Å²) in [4.78, 5) is 11.4. The van der Waals surface area contributed by atoms with E-state index in [2.05, 4.69) is 13.2 Å². The van der Waals surface area contributed by atoms with Gasteiger partial charge in [-0.1, -0.05) is 51.9 Å². The Balaban J connectivity index is 3.05. The van der Waals surface area contributed by atoms with Gasteiger partial charge in [-0.15, -0.1) is 0 Å². The number of Topliss-reactive ketones (excluding diaryl/α,β-unsaturated/α-hetero) is 1. The number of carbonyl (C=O) groups is 1. The highest BCUT2D eigenvalue weighted by Gasteiger charge is 2.00. The molecule has 0 amide bonds. The molecule has 1 nitrogen and oxygen atoms in total. The molecule has 0 aliphatic heterocycles.